The highest BCUT2D eigenvalue weighted by atomic mass is 32.2. The summed E-state index contributed by atoms with van der Waals surface area (Å²) < 4.78 is 0. The Morgan fingerprint density at radius 3 is 0.854 bits per heavy atom. The molecule has 0 aromatic rings. The van der Waals surface area contributed by atoms with Gasteiger partial charge in [-0.3, -0.25) is 9.59 Å². The zero-order chi connectivity index (χ0) is 30.2. The van der Waals surface area contributed by atoms with Gasteiger partial charge in [-0.05, 0) is 12.8 Å². The van der Waals surface area contributed by atoms with E-state index in [4.69, 9.17) is 0 Å². The minimum Gasteiger partial charge on any atom is -0.481 e. The molecule has 5 heteroatoms. The van der Waals surface area contributed by atoms with Crippen LogP contribution in [0.4, 0.5) is 0 Å². The molecule has 0 aliphatic carbocycles. The molecule has 0 fully saturated rings. The summed E-state index contributed by atoms with van der Waals surface area (Å²) in [5.41, 5.74) is 0. The predicted octanol–water partition coefficient (Wildman–Crippen LogP) is 12.1. The van der Waals surface area contributed by atoms with Crippen molar-refractivity contribution in [3.63, 3.8) is 0 Å². The van der Waals surface area contributed by atoms with Crippen LogP contribution in [0.2, 0.25) is 0 Å². The van der Waals surface area contributed by atoms with E-state index in [0.29, 0.717) is 11.5 Å². The maximum absolute atomic E-state index is 11.7. The molecule has 0 saturated carbocycles. The van der Waals surface area contributed by atoms with E-state index in [-0.39, 0.29) is 11.8 Å². The van der Waals surface area contributed by atoms with Gasteiger partial charge in [0.1, 0.15) is 0 Å². The second-order valence-corrected chi connectivity index (χ2v) is 13.7. The normalized spacial score (nSPS) is 12.9. The highest BCUT2D eigenvalue weighted by Gasteiger charge is 2.21. The molecule has 0 rings (SSSR count). The summed E-state index contributed by atoms with van der Waals surface area (Å²) in [6, 6.07) is 0. The Hall–Kier alpha value is -0.710. The first-order valence-corrected chi connectivity index (χ1v) is 19.2. The molecule has 2 N–H and O–H groups in total. The van der Waals surface area contributed by atoms with Gasteiger partial charge in [0, 0.05) is 11.5 Å². The first kappa shape index (κ1) is 40.3. The smallest absolute Gasteiger partial charge is 0.307 e. The number of aliphatic carboxylic acids is 2. The van der Waals surface area contributed by atoms with Crippen LogP contribution in [0.5, 0.6) is 0 Å². The third-order valence-corrected chi connectivity index (χ3v) is 9.92. The van der Waals surface area contributed by atoms with Crippen molar-refractivity contribution in [1.82, 2.24) is 0 Å². The van der Waals surface area contributed by atoms with E-state index in [1.54, 1.807) is 0 Å². The van der Waals surface area contributed by atoms with E-state index in [0.717, 1.165) is 38.5 Å². The van der Waals surface area contributed by atoms with Crippen molar-refractivity contribution in [3.05, 3.63) is 0 Å². The third kappa shape index (κ3) is 29.2. The molecule has 41 heavy (non-hydrogen) atoms. The van der Waals surface area contributed by atoms with Crippen LogP contribution in [0.1, 0.15) is 194 Å². The molecule has 4 nitrogen and oxygen atoms in total. The van der Waals surface area contributed by atoms with Gasteiger partial charge in [0.25, 0.3) is 0 Å². The van der Waals surface area contributed by atoms with Crippen LogP contribution in [0.15, 0.2) is 0 Å². The molecule has 0 radical (unpaired) electrons. The summed E-state index contributed by atoms with van der Waals surface area (Å²) in [7, 11) is 0. The van der Waals surface area contributed by atoms with Crippen LogP contribution < -0.4 is 0 Å². The van der Waals surface area contributed by atoms with Gasteiger partial charge in [-0.2, -0.15) is 11.8 Å². The summed E-state index contributed by atoms with van der Waals surface area (Å²) in [5.74, 6) is -1.07. The van der Waals surface area contributed by atoms with Crippen molar-refractivity contribution in [3.8, 4) is 0 Å². The minimum atomic E-state index is -0.722. The largest absolute Gasteiger partial charge is 0.481 e. The molecule has 0 aromatic carbocycles. The lowest BCUT2D eigenvalue weighted by Gasteiger charge is -2.15. The molecule has 2 atom stereocenters. The lowest BCUT2D eigenvalue weighted by atomic mass is 10.0. The summed E-state index contributed by atoms with van der Waals surface area (Å²) in [6.07, 6.45) is 35.1. The van der Waals surface area contributed by atoms with Gasteiger partial charge in [0.15, 0.2) is 0 Å². The van der Waals surface area contributed by atoms with Crippen molar-refractivity contribution in [2.45, 2.75) is 194 Å². The van der Waals surface area contributed by atoms with Crippen molar-refractivity contribution in [1.29, 1.82) is 0 Å². The van der Waals surface area contributed by atoms with Gasteiger partial charge >= 0.3 is 11.9 Å². The number of hydrogen-bond donors (Lipinski definition) is 2. The molecule has 2 unspecified atom stereocenters. The SMILES string of the molecule is CCCCCCCCCCCCCCCC(CSCC(CCCCCCCCCCCCCCC)C(=O)O)C(=O)O. The van der Waals surface area contributed by atoms with Crippen LogP contribution in [0.3, 0.4) is 0 Å². The zero-order valence-electron chi connectivity index (χ0n) is 27.5. The lowest BCUT2D eigenvalue weighted by Crippen LogP contribution is -2.20. The van der Waals surface area contributed by atoms with Crippen molar-refractivity contribution in [2.75, 3.05) is 11.5 Å². The molecule has 0 aliphatic heterocycles. The van der Waals surface area contributed by atoms with Crippen molar-refractivity contribution < 1.29 is 19.8 Å². The Balaban J connectivity index is 3.76. The Morgan fingerprint density at radius 2 is 0.634 bits per heavy atom. The number of hydrogen-bond acceptors (Lipinski definition) is 3. The third-order valence-electron chi connectivity index (χ3n) is 8.65. The summed E-state index contributed by atoms with van der Waals surface area (Å²) >= 11 is 1.54. The molecule has 0 amide bonds. The quantitative estimate of drug-likeness (QED) is 0.0721. The predicted molar refractivity (Wildman–Crippen MR) is 180 cm³/mol. The number of thioether (sulfide) groups is 1. The van der Waals surface area contributed by atoms with Crippen LogP contribution in [0, 0.1) is 11.8 Å². The highest BCUT2D eigenvalue weighted by molar-refractivity contribution is 7.99. The second-order valence-electron chi connectivity index (χ2n) is 12.7. The minimum absolute atomic E-state index is 0.349. The number of carboxylic acid groups (broad SMARTS) is 2. The molecule has 244 valence electrons. The number of carbonyl (C=O) groups is 2. The molecular formula is C36H70O4S. The lowest BCUT2D eigenvalue weighted by molar-refractivity contribution is -0.141. The molecule has 0 aliphatic rings. The van der Waals surface area contributed by atoms with Crippen molar-refractivity contribution in [2.24, 2.45) is 11.8 Å². The average Bonchev–Trinajstić information content (AvgIpc) is 2.95. The number of carboxylic acids is 2. The van der Waals surface area contributed by atoms with E-state index in [1.165, 1.54) is 153 Å². The van der Waals surface area contributed by atoms with Crippen molar-refractivity contribution >= 4 is 23.7 Å². The highest BCUT2D eigenvalue weighted by Crippen LogP contribution is 2.23. The van der Waals surface area contributed by atoms with Crippen LogP contribution in [-0.2, 0) is 9.59 Å². The molecule has 0 heterocycles. The van der Waals surface area contributed by atoms with Gasteiger partial charge in [-0.25, -0.2) is 0 Å². The zero-order valence-corrected chi connectivity index (χ0v) is 28.3. The summed E-state index contributed by atoms with van der Waals surface area (Å²) in [6.45, 7) is 4.53. The van der Waals surface area contributed by atoms with Crippen LogP contribution >= 0.6 is 11.8 Å². The molecule has 0 aromatic heterocycles. The van der Waals surface area contributed by atoms with Gasteiger partial charge in [0.05, 0.1) is 11.8 Å². The van der Waals surface area contributed by atoms with Gasteiger partial charge in [0.2, 0.25) is 0 Å². The van der Waals surface area contributed by atoms with Crippen LogP contribution in [-0.4, -0.2) is 33.7 Å². The van der Waals surface area contributed by atoms with E-state index in [1.807, 2.05) is 0 Å². The Morgan fingerprint density at radius 1 is 0.415 bits per heavy atom. The molecule has 0 saturated heterocycles. The second kappa shape index (κ2) is 32.2. The molecular weight excluding hydrogens is 528 g/mol. The maximum atomic E-state index is 11.7. The van der Waals surface area contributed by atoms with Gasteiger partial charge in [-0.15, -0.1) is 0 Å². The standard InChI is InChI=1S/C36H70O4S/c1-3-5-7-9-11-13-15-17-19-21-23-25-27-29-33(35(37)38)31-41-32-34(36(39)40)30-28-26-24-22-20-18-16-14-12-10-8-6-4-2/h33-34H,3-32H2,1-2H3,(H,37,38)(H,39,40). The summed E-state index contributed by atoms with van der Waals surface area (Å²) in [4.78, 5) is 23.5. The first-order chi connectivity index (χ1) is 20.0. The number of unbranched alkanes of at least 4 members (excludes halogenated alkanes) is 24. The van der Waals surface area contributed by atoms with E-state index in [9.17, 15) is 19.8 Å². The number of rotatable bonds is 34. The Bertz CT molecular complexity index is 520. The Labute approximate surface area is 260 Å². The fourth-order valence-electron chi connectivity index (χ4n) is 5.73. The monoisotopic (exact) mass is 598 g/mol. The average molecular weight is 599 g/mol. The fourth-order valence-corrected chi connectivity index (χ4v) is 7.05. The Kier molecular flexibility index (Phi) is 31.7. The topological polar surface area (TPSA) is 74.6 Å². The summed E-state index contributed by atoms with van der Waals surface area (Å²) in [5, 5.41) is 19.3. The maximum Gasteiger partial charge on any atom is 0.307 e. The van der Waals surface area contributed by atoms with E-state index < -0.39 is 11.9 Å². The van der Waals surface area contributed by atoms with Gasteiger partial charge < -0.3 is 10.2 Å². The fraction of sp³-hybridized carbons (Fsp3) is 0.944. The molecule has 0 spiro atoms. The van der Waals surface area contributed by atoms with Gasteiger partial charge in [-0.1, -0.05) is 181 Å². The van der Waals surface area contributed by atoms with E-state index in [2.05, 4.69) is 13.8 Å². The van der Waals surface area contributed by atoms with Crippen LogP contribution in [0.25, 0.3) is 0 Å². The molecule has 0 bridgehead atoms. The van der Waals surface area contributed by atoms with E-state index >= 15 is 0 Å². The first-order valence-electron chi connectivity index (χ1n) is 18.1.